The fourth-order valence-corrected chi connectivity index (χ4v) is 2.43. The van der Waals surface area contributed by atoms with E-state index in [-0.39, 0.29) is 11.9 Å². The normalized spacial score (nSPS) is 20.0. The van der Waals surface area contributed by atoms with Gasteiger partial charge in [-0.2, -0.15) is 0 Å². The van der Waals surface area contributed by atoms with Crippen LogP contribution in [0.4, 0.5) is 0 Å². The highest BCUT2D eigenvalue weighted by atomic mass is 16.2. The first-order valence-electron chi connectivity index (χ1n) is 6.29. The molecule has 1 amide bonds. The summed E-state index contributed by atoms with van der Waals surface area (Å²) in [5, 5.41) is 3.07. The van der Waals surface area contributed by atoms with E-state index in [2.05, 4.69) is 30.4 Å². The van der Waals surface area contributed by atoms with Crippen LogP contribution in [-0.4, -0.2) is 30.4 Å². The Hall–Kier alpha value is -1.35. The molecule has 0 radical (unpaired) electrons. The number of aryl methyl sites for hydroxylation is 1. The highest BCUT2D eigenvalue weighted by Crippen LogP contribution is 2.17. The Balaban J connectivity index is 2.09. The van der Waals surface area contributed by atoms with Gasteiger partial charge < -0.3 is 10.2 Å². The molecule has 17 heavy (non-hydrogen) atoms. The molecule has 1 saturated heterocycles. The highest BCUT2D eigenvalue weighted by molar-refractivity contribution is 5.83. The van der Waals surface area contributed by atoms with Crippen LogP contribution in [0.2, 0.25) is 0 Å². The van der Waals surface area contributed by atoms with Crippen molar-refractivity contribution in [1.29, 1.82) is 0 Å². The number of likely N-dealkylation sites (tertiary alicyclic amines) is 1. The standard InChI is InChI=1S/C14H20N2O/c1-3-11-6-4-5-7-12(11)10-16-9-8-13(15-2)14(16)17/h4-7,13,15H,3,8-10H2,1-2H3. The molecule has 2 rings (SSSR count). The molecule has 1 atom stereocenters. The van der Waals surface area contributed by atoms with Crippen LogP contribution >= 0.6 is 0 Å². The summed E-state index contributed by atoms with van der Waals surface area (Å²) < 4.78 is 0. The lowest BCUT2D eigenvalue weighted by Crippen LogP contribution is -2.36. The van der Waals surface area contributed by atoms with Crippen molar-refractivity contribution < 1.29 is 4.79 Å². The number of rotatable bonds is 4. The van der Waals surface area contributed by atoms with Crippen LogP contribution in [0.3, 0.4) is 0 Å². The molecule has 0 aliphatic carbocycles. The smallest absolute Gasteiger partial charge is 0.240 e. The number of carbonyl (C=O) groups excluding carboxylic acids is 1. The molecule has 1 aliphatic rings. The van der Waals surface area contributed by atoms with Gasteiger partial charge in [0.1, 0.15) is 0 Å². The Kier molecular flexibility index (Phi) is 3.79. The van der Waals surface area contributed by atoms with E-state index in [1.54, 1.807) is 0 Å². The van der Waals surface area contributed by atoms with Crippen molar-refractivity contribution in [2.45, 2.75) is 32.4 Å². The van der Waals surface area contributed by atoms with Crippen molar-refractivity contribution in [3.05, 3.63) is 35.4 Å². The number of likely N-dealkylation sites (N-methyl/N-ethyl adjacent to an activating group) is 1. The largest absolute Gasteiger partial charge is 0.337 e. The van der Waals surface area contributed by atoms with Gasteiger partial charge in [0.15, 0.2) is 0 Å². The second-order valence-electron chi connectivity index (χ2n) is 4.51. The van der Waals surface area contributed by atoms with Crippen molar-refractivity contribution in [3.8, 4) is 0 Å². The highest BCUT2D eigenvalue weighted by Gasteiger charge is 2.30. The fourth-order valence-electron chi connectivity index (χ4n) is 2.43. The minimum absolute atomic E-state index is 0.0174. The molecule has 0 spiro atoms. The average Bonchev–Trinajstić information content (AvgIpc) is 2.71. The molecular weight excluding hydrogens is 212 g/mol. The third-order valence-electron chi connectivity index (χ3n) is 3.51. The van der Waals surface area contributed by atoms with E-state index < -0.39 is 0 Å². The molecule has 1 fully saturated rings. The monoisotopic (exact) mass is 232 g/mol. The Morgan fingerprint density at radius 2 is 2.06 bits per heavy atom. The zero-order valence-corrected chi connectivity index (χ0v) is 10.6. The summed E-state index contributed by atoms with van der Waals surface area (Å²) >= 11 is 0. The summed E-state index contributed by atoms with van der Waals surface area (Å²) in [6, 6.07) is 8.39. The van der Waals surface area contributed by atoms with Gasteiger partial charge in [-0.05, 0) is 31.0 Å². The number of nitrogens with one attached hydrogen (secondary N) is 1. The van der Waals surface area contributed by atoms with Gasteiger partial charge in [-0.15, -0.1) is 0 Å². The van der Waals surface area contributed by atoms with Crippen LogP contribution < -0.4 is 5.32 Å². The first-order chi connectivity index (χ1) is 8.26. The third kappa shape index (κ3) is 2.50. The summed E-state index contributed by atoms with van der Waals surface area (Å²) in [5.41, 5.74) is 2.62. The van der Waals surface area contributed by atoms with E-state index in [0.29, 0.717) is 0 Å². The van der Waals surface area contributed by atoms with Gasteiger partial charge in [-0.3, -0.25) is 4.79 Å². The lowest BCUT2D eigenvalue weighted by atomic mass is 10.1. The summed E-state index contributed by atoms with van der Waals surface area (Å²) in [6.07, 6.45) is 1.94. The van der Waals surface area contributed by atoms with E-state index in [9.17, 15) is 4.79 Å². The van der Waals surface area contributed by atoms with Gasteiger partial charge in [0.2, 0.25) is 5.91 Å². The number of hydrogen-bond donors (Lipinski definition) is 1. The van der Waals surface area contributed by atoms with Crippen molar-refractivity contribution in [3.63, 3.8) is 0 Å². The third-order valence-corrected chi connectivity index (χ3v) is 3.51. The Labute approximate surface area is 103 Å². The average molecular weight is 232 g/mol. The zero-order chi connectivity index (χ0) is 12.3. The van der Waals surface area contributed by atoms with E-state index in [1.807, 2.05) is 18.0 Å². The molecule has 92 valence electrons. The van der Waals surface area contributed by atoms with Gasteiger partial charge in [-0.1, -0.05) is 31.2 Å². The van der Waals surface area contributed by atoms with Crippen molar-refractivity contribution in [2.24, 2.45) is 0 Å². The predicted octanol–water partition coefficient (Wildman–Crippen LogP) is 1.57. The molecule has 3 nitrogen and oxygen atoms in total. The van der Waals surface area contributed by atoms with Crippen LogP contribution in [-0.2, 0) is 17.8 Å². The van der Waals surface area contributed by atoms with Crippen molar-refractivity contribution >= 4 is 5.91 Å². The predicted molar refractivity (Wildman–Crippen MR) is 68.7 cm³/mol. The summed E-state index contributed by atoms with van der Waals surface area (Å²) in [7, 11) is 1.85. The van der Waals surface area contributed by atoms with E-state index in [4.69, 9.17) is 0 Å². The summed E-state index contributed by atoms with van der Waals surface area (Å²) in [5.74, 6) is 0.235. The summed E-state index contributed by atoms with van der Waals surface area (Å²) in [6.45, 7) is 3.77. The maximum Gasteiger partial charge on any atom is 0.240 e. The molecule has 0 saturated carbocycles. The van der Waals surface area contributed by atoms with Crippen LogP contribution in [0, 0.1) is 0 Å². The van der Waals surface area contributed by atoms with Gasteiger partial charge >= 0.3 is 0 Å². The summed E-state index contributed by atoms with van der Waals surface area (Å²) in [4.78, 5) is 14.0. The first kappa shape index (κ1) is 12.1. The van der Waals surface area contributed by atoms with Gasteiger partial charge in [0.25, 0.3) is 0 Å². The molecule has 1 N–H and O–H groups in total. The van der Waals surface area contributed by atoms with Gasteiger partial charge in [-0.25, -0.2) is 0 Å². The van der Waals surface area contributed by atoms with Crippen molar-refractivity contribution in [2.75, 3.05) is 13.6 Å². The molecule has 0 aromatic heterocycles. The first-order valence-corrected chi connectivity index (χ1v) is 6.29. The fraction of sp³-hybridized carbons (Fsp3) is 0.500. The molecule has 1 heterocycles. The number of carbonyl (C=O) groups is 1. The lowest BCUT2D eigenvalue weighted by Gasteiger charge is -2.18. The van der Waals surface area contributed by atoms with Gasteiger partial charge in [0.05, 0.1) is 6.04 Å². The number of hydrogen-bond acceptors (Lipinski definition) is 2. The van der Waals surface area contributed by atoms with Gasteiger partial charge in [0, 0.05) is 13.1 Å². The van der Waals surface area contributed by atoms with Crippen LogP contribution in [0.1, 0.15) is 24.5 Å². The second-order valence-corrected chi connectivity index (χ2v) is 4.51. The Morgan fingerprint density at radius 1 is 1.35 bits per heavy atom. The van der Waals surface area contributed by atoms with Crippen LogP contribution in [0.25, 0.3) is 0 Å². The quantitative estimate of drug-likeness (QED) is 0.854. The molecule has 1 aliphatic heterocycles. The molecule has 0 bridgehead atoms. The number of amides is 1. The Bertz CT molecular complexity index is 403. The second kappa shape index (κ2) is 5.32. The van der Waals surface area contributed by atoms with Crippen LogP contribution in [0.5, 0.6) is 0 Å². The SMILES string of the molecule is CCc1ccccc1CN1CCC(NC)C1=O. The topological polar surface area (TPSA) is 32.3 Å². The Morgan fingerprint density at radius 3 is 2.65 bits per heavy atom. The van der Waals surface area contributed by atoms with Crippen molar-refractivity contribution in [1.82, 2.24) is 10.2 Å². The molecule has 3 heteroatoms. The van der Waals surface area contributed by atoms with E-state index in [0.717, 1.165) is 25.9 Å². The molecule has 1 aromatic rings. The lowest BCUT2D eigenvalue weighted by molar-refractivity contribution is -0.129. The zero-order valence-electron chi connectivity index (χ0n) is 10.6. The maximum absolute atomic E-state index is 12.0. The maximum atomic E-state index is 12.0. The number of benzene rings is 1. The molecular formula is C14H20N2O. The minimum atomic E-state index is 0.0174. The van der Waals surface area contributed by atoms with E-state index in [1.165, 1.54) is 11.1 Å². The van der Waals surface area contributed by atoms with Crippen LogP contribution in [0.15, 0.2) is 24.3 Å². The molecule has 1 aromatic carbocycles. The minimum Gasteiger partial charge on any atom is -0.337 e. The van der Waals surface area contributed by atoms with E-state index >= 15 is 0 Å². The number of nitrogens with zero attached hydrogens (tertiary/aromatic N) is 1. The molecule has 1 unspecified atom stereocenters.